The van der Waals surface area contributed by atoms with E-state index in [9.17, 15) is 4.39 Å². The summed E-state index contributed by atoms with van der Waals surface area (Å²) < 4.78 is 16.0. The standard InChI is InChI=1S/C13H26FO/c1-3-8-13(9-4-2)10-6-5-7-11-15-12-14/h12-13H,3-11H2,1-2H3. The highest BCUT2D eigenvalue weighted by molar-refractivity contribution is 4.58. The van der Waals surface area contributed by atoms with Crippen LogP contribution in [0.15, 0.2) is 0 Å². The molecule has 1 nitrogen and oxygen atoms in total. The SMILES string of the molecule is CCCC(CCC)CCCCCO[CH]F. The monoisotopic (exact) mass is 217 g/mol. The molecule has 0 aromatic carbocycles. The number of rotatable bonds is 11. The lowest BCUT2D eigenvalue weighted by atomic mass is 9.92. The van der Waals surface area contributed by atoms with E-state index in [1.54, 1.807) is 0 Å². The van der Waals surface area contributed by atoms with Crippen LogP contribution in [0, 0.1) is 12.8 Å². The molecular weight excluding hydrogens is 191 g/mol. The van der Waals surface area contributed by atoms with Crippen LogP contribution in [0.1, 0.15) is 65.2 Å². The van der Waals surface area contributed by atoms with E-state index in [-0.39, 0.29) is 6.86 Å². The normalized spacial score (nSPS) is 11.2. The molecule has 0 aliphatic rings. The lowest BCUT2D eigenvalue weighted by Crippen LogP contribution is -2.00. The average molecular weight is 217 g/mol. The number of unbranched alkanes of at least 4 members (excludes halogenated alkanes) is 2. The third-order valence-corrected chi connectivity index (χ3v) is 2.83. The zero-order chi connectivity index (χ0) is 11.4. The van der Waals surface area contributed by atoms with Gasteiger partial charge in [-0.3, -0.25) is 0 Å². The second-order valence-corrected chi connectivity index (χ2v) is 4.25. The summed E-state index contributed by atoms with van der Waals surface area (Å²) in [5, 5.41) is 0. The average Bonchev–Trinajstić information content (AvgIpc) is 2.24. The van der Waals surface area contributed by atoms with Gasteiger partial charge in [-0.25, -0.2) is 4.39 Å². The smallest absolute Gasteiger partial charge is 0.255 e. The lowest BCUT2D eigenvalue weighted by molar-refractivity contribution is 0.128. The van der Waals surface area contributed by atoms with Gasteiger partial charge in [0, 0.05) is 0 Å². The highest BCUT2D eigenvalue weighted by Crippen LogP contribution is 2.20. The van der Waals surface area contributed by atoms with E-state index in [1.165, 1.54) is 38.5 Å². The van der Waals surface area contributed by atoms with Gasteiger partial charge in [0.15, 0.2) is 0 Å². The van der Waals surface area contributed by atoms with Gasteiger partial charge >= 0.3 is 0 Å². The fourth-order valence-electron chi connectivity index (χ4n) is 2.09. The molecule has 0 fully saturated rings. The van der Waals surface area contributed by atoms with Gasteiger partial charge in [-0.2, -0.15) is 0 Å². The summed E-state index contributed by atoms with van der Waals surface area (Å²) in [7, 11) is 0. The van der Waals surface area contributed by atoms with Crippen LogP contribution in [0.4, 0.5) is 4.39 Å². The van der Waals surface area contributed by atoms with E-state index in [0.29, 0.717) is 6.61 Å². The summed E-state index contributed by atoms with van der Waals surface area (Å²) in [4.78, 5) is 0. The molecule has 0 aliphatic heterocycles. The van der Waals surface area contributed by atoms with Gasteiger partial charge in [-0.15, -0.1) is 0 Å². The van der Waals surface area contributed by atoms with Gasteiger partial charge < -0.3 is 4.74 Å². The fourth-order valence-corrected chi connectivity index (χ4v) is 2.09. The molecule has 0 bridgehead atoms. The van der Waals surface area contributed by atoms with Gasteiger partial charge in [-0.05, 0) is 12.3 Å². The third kappa shape index (κ3) is 10.2. The van der Waals surface area contributed by atoms with Crippen molar-refractivity contribution in [1.29, 1.82) is 0 Å². The van der Waals surface area contributed by atoms with Crippen molar-refractivity contribution in [3.8, 4) is 0 Å². The summed E-state index contributed by atoms with van der Waals surface area (Å²) in [6.07, 6.45) is 10.1. The van der Waals surface area contributed by atoms with Crippen molar-refractivity contribution < 1.29 is 9.13 Å². The third-order valence-electron chi connectivity index (χ3n) is 2.83. The van der Waals surface area contributed by atoms with Gasteiger partial charge in [0.25, 0.3) is 6.86 Å². The predicted molar refractivity (Wildman–Crippen MR) is 63.1 cm³/mol. The molecule has 91 valence electrons. The topological polar surface area (TPSA) is 9.23 Å². The van der Waals surface area contributed by atoms with Crippen molar-refractivity contribution in [2.75, 3.05) is 6.61 Å². The lowest BCUT2D eigenvalue weighted by Gasteiger charge is -2.14. The number of hydrogen-bond donors (Lipinski definition) is 0. The Kier molecular flexibility index (Phi) is 11.9. The minimum atomic E-state index is 0.289. The van der Waals surface area contributed by atoms with Gasteiger partial charge in [0.05, 0.1) is 6.61 Å². The van der Waals surface area contributed by atoms with Gasteiger partial charge in [0.2, 0.25) is 0 Å². The predicted octanol–water partition coefficient (Wildman–Crippen LogP) is 4.87. The van der Waals surface area contributed by atoms with Crippen molar-refractivity contribution >= 4 is 0 Å². The van der Waals surface area contributed by atoms with Gasteiger partial charge in [-0.1, -0.05) is 58.8 Å². The van der Waals surface area contributed by atoms with Crippen LogP contribution < -0.4 is 0 Å². The molecule has 0 aromatic rings. The van der Waals surface area contributed by atoms with E-state index in [2.05, 4.69) is 18.6 Å². The van der Waals surface area contributed by atoms with E-state index < -0.39 is 0 Å². The van der Waals surface area contributed by atoms with E-state index in [4.69, 9.17) is 0 Å². The van der Waals surface area contributed by atoms with Crippen LogP contribution in [-0.4, -0.2) is 6.61 Å². The zero-order valence-electron chi connectivity index (χ0n) is 10.3. The van der Waals surface area contributed by atoms with Crippen LogP contribution in [0.2, 0.25) is 0 Å². The second kappa shape index (κ2) is 12.0. The zero-order valence-corrected chi connectivity index (χ0v) is 10.3. The number of hydrogen-bond acceptors (Lipinski definition) is 1. The molecule has 2 heteroatoms. The molecule has 0 rings (SSSR count). The molecule has 15 heavy (non-hydrogen) atoms. The van der Waals surface area contributed by atoms with E-state index in [1.807, 2.05) is 0 Å². The molecule has 0 aromatic heterocycles. The minimum absolute atomic E-state index is 0.289. The maximum absolute atomic E-state index is 11.5. The van der Waals surface area contributed by atoms with Gasteiger partial charge in [0.1, 0.15) is 0 Å². The summed E-state index contributed by atoms with van der Waals surface area (Å²) >= 11 is 0. The number of ether oxygens (including phenoxy) is 1. The Morgan fingerprint density at radius 3 is 2.20 bits per heavy atom. The molecule has 1 radical (unpaired) electrons. The van der Waals surface area contributed by atoms with Crippen LogP contribution in [0.25, 0.3) is 0 Å². The fraction of sp³-hybridized carbons (Fsp3) is 0.923. The van der Waals surface area contributed by atoms with Crippen LogP contribution in [0.5, 0.6) is 0 Å². The first-order valence-electron chi connectivity index (χ1n) is 6.38. The molecule has 0 unspecified atom stereocenters. The highest BCUT2D eigenvalue weighted by atomic mass is 19.1. The van der Waals surface area contributed by atoms with E-state index in [0.717, 1.165) is 18.8 Å². The Morgan fingerprint density at radius 1 is 1.00 bits per heavy atom. The first-order chi connectivity index (χ1) is 7.35. The molecule has 0 aliphatic carbocycles. The van der Waals surface area contributed by atoms with E-state index >= 15 is 0 Å². The molecule has 0 N–H and O–H groups in total. The second-order valence-electron chi connectivity index (χ2n) is 4.25. The Labute approximate surface area is 94.4 Å². The molecule has 0 heterocycles. The summed E-state index contributed by atoms with van der Waals surface area (Å²) in [5.41, 5.74) is 0. The van der Waals surface area contributed by atoms with Crippen molar-refractivity contribution in [2.45, 2.75) is 65.2 Å². The Morgan fingerprint density at radius 2 is 1.67 bits per heavy atom. The molecular formula is C13H26FO. The number of halogens is 1. The van der Waals surface area contributed by atoms with Crippen LogP contribution in [-0.2, 0) is 4.74 Å². The van der Waals surface area contributed by atoms with Crippen molar-refractivity contribution in [3.63, 3.8) is 0 Å². The van der Waals surface area contributed by atoms with Crippen molar-refractivity contribution in [2.24, 2.45) is 5.92 Å². The summed E-state index contributed by atoms with van der Waals surface area (Å²) in [6.45, 7) is 5.33. The Balaban J connectivity index is 3.28. The van der Waals surface area contributed by atoms with Crippen molar-refractivity contribution in [3.05, 3.63) is 6.86 Å². The quantitative estimate of drug-likeness (QED) is 0.449. The Hall–Kier alpha value is -0.110. The first kappa shape index (κ1) is 14.9. The molecule has 0 atom stereocenters. The molecule has 0 saturated carbocycles. The van der Waals surface area contributed by atoms with Crippen LogP contribution >= 0.6 is 0 Å². The van der Waals surface area contributed by atoms with Crippen LogP contribution in [0.3, 0.4) is 0 Å². The molecule has 0 saturated heterocycles. The minimum Gasteiger partial charge on any atom is -0.344 e. The molecule has 0 spiro atoms. The molecule has 0 amide bonds. The maximum Gasteiger partial charge on any atom is 0.255 e. The first-order valence-corrected chi connectivity index (χ1v) is 6.38. The largest absolute Gasteiger partial charge is 0.344 e. The highest BCUT2D eigenvalue weighted by Gasteiger charge is 2.05. The van der Waals surface area contributed by atoms with Crippen molar-refractivity contribution in [1.82, 2.24) is 0 Å². The maximum atomic E-state index is 11.5. The summed E-state index contributed by atoms with van der Waals surface area (Å²) in [5.74, 6) is 0.911. The summed E-state index contributed by atoms with van der Waals surface area (Å²) in [6, 6.07) is 0. The Bertz CT molecular complexity index is 111.